The highest BCUT2D eigenvalue weighted by Gasteiger charge is 2.07. The Morgan fingerprint density at radius 3 is 2.50 bits per heavy atom. The van der Waals surface area contributed by atoms with Gasteiger partial charge in [0.1, 0.15) is 5.75 Å². The van der Waals surface area contributed by atoms with Gasteiger partial charge >= 0.3 is 0 Å². The highest BCUT2D eigenvalue weighted by molar-refractivity contribution is 7.07. The standard InChI is InChI=1S/C19H17ClN2OS/c1-3-12-22-18(14-4-6-15(20)7-5-14)13-24-19(22)21-16-8-10-17(23-2)11-9-16/h3-11,13H,1,12H2,2H3. The van der Waals surface area contributed by atoms with Crippen LogP contribution < -0.4 is 9.54 Å². The van der Waals surface area contributed by atoms with Gasteiger partial charge in [-0.2, -0.15) is 0 Å². The summed E-state index contributed by atoms with van der Waals surface area (Å²) in [5, 5.41) is 2.84. The number of hydrogen-bond acceptors (Lipinski definition) is 3. The van der Waals surface area contributed by atoms with Crippen LogP contribution in [-0.4, -0.2) is 11.7 Å². The van der Waals surface area contributed by atoms with Gasteiger partial charge in [-0.25, -0.2) is 4.99 Å². The van der Waals surface area contributed by atoms with Crippen molar-refractivity contribution in [1.82, 2.24) is 4.57 Å². The van der Waals surface area contributed by atoms with Crippen molar-refractivity contribution in [2.45, 2.75) is 6.54 Å². The molecule has 2 aromatic carbocycles. The maximum atomic E-state index is 5.99. The molecular weight excluding hydrogens is 340 g/mol. The van der Waals surface area contributed by atoms with E-state index in [1.807, 2.05) is 54.6 Å². The fraction of sp³-hybridized carbons (Fsp3) is 0.105. The van der Waals surface area contributed by atoms with Crippen molar-refractivity contribution >= 4 is 28.6 Å². The minimum absolute atomic E-state index is 0.691. The van der Waals surface area contributed by atoms with E-state index in [1.54, 1.807) is 18.4 Å². The fourth-order valence-electron chi connectivity index (χ4n) is 2.34. The van der Waals surface area contributed by atoms with Gasteiger partial charge in [0.05, 0.1) is 18.5 Å². The Morgan fingerprint density at radius 2 is 1.88 bits per heavy atom. The molecule has 0 spiro atoms. The Labute approximate surface area is 150 Å². The van der Waals surface area contributed by atoms with E-state index in [0.29, 0.717) is 6.54 Å². The molecule has 0 amide bonds. The van der Waals surface area contributed by atoms with Crippen LogP contribution in [0, 0.1) is 0 Å². The van der Waals surface area contributed by atoms with Crippen LogP contribution in [0.1, 0.15) is 0 Å². The second-order valence-corrected chi connectivity index (χ2v) is 6.39. The molecule has 5 heteroatoms. The molecule has 0 aliphatic rings. The Bertz CT molecular complexity index is 892. The van der Waals surface area contributed by atoms with Gasteiger partial charge in [-0.05, 0) is 42.0 Å². The van der Waals surface area contributed by atoms with Crippen LogP contribution in [0.2, 0.25) is 5.02 Å². The van der Waals surface area contributed by atoms with Gasteiger partial charge in [-0.1, -0.05) is 29.8 Å². The van der Waals surface area contributed by atoms with Gasteiger partial charge in [0.15, 0.2) is 4.80 Å². The van der Waals surface area contributed by atoms with E-state index in [-0.39, 0.29) is 0 Å². The number of rotatable bonds is 5. The van der Waals surface area contributed by atoms with Crippen LogP contribution in [0.5, 0.6) is 5.75 Å². The first-order valence-corrected chi connectivity index (χ1v) is 8.71. The normalized spacial score (nSPS) is 11.5. The summed E-state index contributed by atoms with van der Waals surface area (Å²) in [5.41, 5.74) is 3.09. The molecular formula is C19H17ClN2OS. The minimum atomic E-state index is 0.691. The summed E-state index contributed by atoms with van der Waals surface area (Å²) in [6.07, 6.45) is 1.87. The van der Waals surface area contributed by atoms with Crippen LogP contribution >= 0.6 is 22.9 Å². The van der Waals surface area contributed by atoms with Crippen molar-refractivity contribution in [3.8, 4) is 17.0 Å². The summed E-state index contributed by atoms with van der Waals surface area (Å²) >= 11 is 7.59. The van der Waals surface area contributed by atoms with Gasteiger partial charge in [-0.15, -0.1) is 17.9 Å². The number of ether oxygens (including phenoxy) is 1. The highest BCUT2D eigenvalue weighted by atomic mass is 35.5. The molecule has 1 aromatic heterocycles. The van der Waals surface area contributed by atoms with Gasteiger partial charge in [0.2, 0.25) is 0 Å². The van der Waals surface area contributed by atoms with Crippen LogP contribution in [0.3, 0.4) is 0 Å². The molecule has 0 fully saturated rings. The fourth-order valence-corrected chi connectivity index (χ4v) is 3.41. The zero-order valence-electron chi connectivity index (χ0n) is 13.3. The van der Waals surface area contributed by atoms with Gasteiger partial charge in [0, 0.05) is 16.9 Å². The lowest BCUT2D eigenvalue weighted by molar-refractivity contribution is 0.415. The number of benzene rings is 2. The summed E-state index contributed by atoms with van der Waals surface area (Å²) in [7, 11) is 1.65. The van der Waals surface area contributed by atoms with E-state index in [1.165, 1.54) is 0 Å². The Balaban J connectivity index is 2.06. The SMILES string of the molecule is C=CCn1c(-c2ccc(Cl)cc2)csc1=Nc1ccc(OC)cc1. The lowest BCUT2D eigenvalue weighted by atomic mass is 10.2. The zero-order valence-corrected chi connectivity index (χ0v) is 14.8. The number of methoxy groups -OCH3 is 1. The van der Waals surface area contributed by atoms with Gasteiger partial charge < -0.3 is 9.30 Å². The number of halogens is 1. The predicted molar refractivity (Wildman–Crippen MR) is 101 cm³/mol. The molecule has 3 rings (SSSR count). The zero-order chi connectivity index (χ0) is 16.9. The maximum absolute atomic E-state index is 5.99. The maximum Gasteiger partial charge on any atom is 0.190 e. The number of allylic oxidation sites excluding steroid dienone is 1. The second kappa shape index (κ2) is 7.51. The van der Waals surface area contributed by atoms with Crippen LogP contribution in [0.4, 0.5) is 5.69 Å². The van der Waals surface area contributed by atoms with E-state index in [2.05, 4.69) is 16.5 Å². The van der Waals surface area contributed by atoms with Crippen molar-refractivity contribution in [3.63, 3.8) is 0 Å². The molecule has 0 aliphatic heterocycles. The molecule has 0 radical (unpaired) electrons. The lowest BCUT2D eigenvalue weighted by Gasteiger charge is -2.06. The summed E-state index contributed by atoms with van der Waals surface area (Å²) in [5.74, 6) is 0.820. The van der Waals surface area contributed by atoms with Crippen LogP contribution in [-0.2, 0) is 6.54 Å². The van der Waals surface area contributed by atoms with Crippen LogP contribution in [0.15, 0.2) is 71.6 Å². The van der Waals surface area contributed by atoms with E-state index < -0.39 is 0 Å². The van der Waals surface area contributed by atoms with E-state index in [4.69, 9.17) is 21.3 Å². The predicted octanol–water partition coefficient (Wildman–Crippen LogP) is 5.30. The largest absolute Gasteiger partial charge is 0.497 e. The first kappa shape index (κ1) is 16.6. The number of nitrogens with zero attached hydrogens (tertiary/aromatic N) is 2. The van der Waals surface area contributed by atoms with Crippen molar-refractivity contribution < 1.29 is 4.74 Å². The molecule has 3 nitrogen and oxygen atoms in total. The van der Waals surface area contributed by atoms with Crippen LogP contribution in [0.25, 0.3) is 11.3 Å². The number of aromatic nitrogens is 1. The summed E-state index contributed by atoms with van der Waals surface area (Å²) < 4.78 is 7.33. The molecule has 0 atom stereocenters. The topological polar surface area (TPSA) is 26.5 Å². The Kier molecular flexibility index (Phi) is 5.18. The monoisotopic (exact) mass is 356 g/mol. The second-order valence-electron chi connectivity index (χ2n) is 5.12. The summed E-state index contributed by atoms with van der Waals surface area (Å²) in [4.78, 5) is 5.67. The third kappa shape index (κ3) is 3.61. The molecule has 0 bridgehead atoms. The Hall–Kier alpha value is -2.30. The Morgan fingerprint density at radius 1 is 1.17 bits per heavy atom. The lowest BCUT2D eigenvalue weighted by Crippen LogP contribution is -2.14. The first-order chi connectivity index (χ1) is 11.7. The quantitative estimate of drug-likeness (QED) is 0.570. The molecule has 0 saturated carbocycles. The molecule has 122 valence electrons. The van der Waals surface area contributed by atoms with Gasteiger partial charge in [0.25, 0.3) is 0 Å². The molecule has 24 heavy (non-hydrogen) atoms. The minimum Gasteiger partial charge on any atom is -0.497 e. The summed E-state index contributed by atoms with van der Waals surface area (Å²) in [6, 6.07) is 15.5. The van der Waals surface area contributed by atoms with E-state index >= 15 is 0 Å². The van der Waals surface area contributed by atoms with Crippen molar-refractivity contribution in [1.29, 1.82) is 0 Å². The average molecular weight is 357 g/mol. The number of hydrogen-bond donors (Lipinski definition) is 0. The molecule has 0 N–H and O–H groups in total. The van der Waals surface area contributed by atoms with Gasteiger partial charge in [-0.3, -0.25) is 0 Å². The molecule has 0 aliphatic carbocycles. The third-order valence-corrected chi connectivity index (χ3v) is 4.66. The highest BCUT2D eigenvalue weighted by Crippen LogP contribution is 2.23. The molecule has 3 aromatic rings. The summed E-state index contributed by atoms with van der Waals surface area (Å²) in [6.45, 7) is 4.55. The van der Waals surface area contributed by atoms with E-state index in [9.17, 15) is 0 Å². The molecule has 0 saturated heterocycles. The molecule has 1 heterocycles. The van der Waals surface area contributed by atoms with Crippen molar-refractivity contribution in [3.05, 3.63) is 76.4 Å². The third-order valence-electron chi connectivity index (χ3n) is 3.55. The van der Waals surface area contributed by atoms with Crippen molar-refractivity contribution in [2.75, 3.05) is 7.11 Å². The average Bonchev–Trinajstić information content (AvgIpc) is 2.99. The first-order valence-electron chi connectivity index (χ1n) is 7.45. The van der Waals surface area contributed by atoms with E-state index in [0.717, 1.165) is 32.5 Å². The van der Waals surface area contributed by atoms with Crippen molar-refractivity contribution in [2.24, 2.45) is 4.99 Å². The number of thiazole rings is 1. The molecule has 0 unspecified atom stereocenters. The smallest absolute Gasteiger partial charge is 0.190 e.